The van der Waals surface area contributed by atoms with Crippen molar-refractivity contribution in [2.45, 2.75) is 19.6 Å². The van der Waals surface area contributed by atoms with Gasteiger partial charge in [-0.25, -0.2) is 9.97 Å². The molecule has 2 aromatic rings. The molecule has 0 aliphatic carbocycles. The fourth-order valence-electron chi connectivity index (χ4n) is 1.58. The first-order chi connectivity index (χ1) is 7.74. The first-order valence-electron chi connectivity index (χ1n) is 5.24. The van der Waals surface area contributed by atoms with Crippen molar-refractivity contribution in [3.8, 4) is 0 Å². The molecule has 1 N–H and O–H groups in total. The largest absolute Gasteiger partial charge is 0.370 e. The summed E-state index contributed by atoms with van der Waals surface area (Å²) in [5.41, 5.74) is 0. The Kier molecular flexibility index (Phi) is 3.66. The normalized spacial score (nSPS) is 10.9. The second kappa shape index (κ2) is 5.01. The van der Waals surface area contributed by atoms with Gasteiger partial charge in [0, 0.05) is 11.4 Å². The zero-order valence-corrected chi connectivity index (χ0v) is 11.3. The fourth-order valence-corrected chi connectivity index (χ4v) is 2.87. The third kappa shape index (κ3) is 2.30. The number of fused-ring (bicyclic) bond motifs is 1. The SMILES string of the molecule is CCNc1nc(CSC)nc2sc(C)cc12. The Morgan fingerprint density at radius 3 is 2.94 bits per heavy atom. The van der Waals surface area contributed by atoms with Gasteiger partial charge in [0.05, 0.1) is 11.1 Å². The highest BCUT2D eigenvalue weighted by molar-refractivity contribution is 7.97. The molecule has 0 unspecified atom stereocenters. The average molecular weight is 253 g/mol. The molecule has 5 heteroatoms. The lowest BCUT2D eigenvalue weighted by Gasteiger charge is -2.05. The van der Waals surface area contributed by atoms with Gasteiger partial charge in [0.15, 0.2) is 0 Å². The molecule has 0 fully saturated rings. The van der Waals surface area contributed by atoms with Crippen LogP contribution < -0.4 is 5.32 Å². The molecule has 0 spiro atoms. The van der Waals surface area contributed by atoms with Gasteiger partial charge in [0.1, 0.15) is 16.5 Å². The van der Waals surface area contributed by atoms with Gasteiger partial charge in [-0.15, -0.1) is 11.3 Å². The summed E-state index contributed by atoms with van der Waals surface area (Å²) in [7, 11) is 0. The molecule has 0 aromatic carbocycles. The van der Waals surface area contributed by atoms with Crippen LogP contribution in [0, 0.1) is 6.92 Å². The Morgan fingerprint density at radius 2 is 2.25 bits per heavy atom. The van der Waals surface area contributed by atoms with Crippen molar-refractivity contribution >= 4 is 39.1 Å². The zero-order valence-electron chi connectivity index (χ0n) is 9.70. The van der Waals surface area contributed by atoms with Gasteiger partial charge in [-0.1, -0.05) is 0 Å². The summed E-state index contributed by atoms with van der Waals surface area (Å²) in [5, 5.41) is 4.46. The molecule has 16 heavy (non-hydrogen) atoms. The van der Waals surface area contributed by atoms with Gasteiger partial charge in [-0.05, 0) is 26.2 Å². The van der Waals surface area contributed by atoms with Crippen LogP contribution in [0.15, 0.2) is 6.07 Å². The van der Waals surface area contributed by atoms with E-state index in [9.17, 15) is 0 Å². The van der Waals surface area contributed by atoms with E-state index in [1.54, 1.807) is 23.1 Å². The van der Waals surface area contributed by atoms with Crippen molar-refractivity contribution in [2.75, 3.05) is 18.1 Å². The summed E-state index contributed by atoms with van der Waals surface area (Å²) in [6.07, 6.45) is 2.07. The summed E-state index contributed by atoms with van der Waals surface area (Å²) < 4.78 is 0. The van der Waals surface area contributed by atoms with Crippen LogP contribution in [0.4, 0.5) is 5.82 Å². The van der Waals surface area contributed by atoms with E-state index in [-0.39, 0.29) is 0 Å². The molecule has 2 heterocycles. The summed E-state index contributed by atoms with van der Waals surface area (Å²) >= 11 is 3.48. The third-order valence-corrected chi connectivity index (χ3v) is 3.67. The molecule has 0 radical (unpaired) electrons. The van der Waals surface area contributed by atoms with Gasteiger partial charge >= 0.3 is 0 Å². The summed E-state index contributed by atoms with van der Waals surface area (Å²) in [6.45, 7) is 5.08. The van der Waals surface area contributed by atoms with E-state index in [0.29, 0.717) is 0 Å². The monoisotopic (exact) mass is 253 g/mol. The van der Waals surface area contributed by atoms with Gasteiger partial charge in [-0.2, -0.15) is 11.8 Å². The number of rotatable bonds is 4. The van der Waals surface area contributed by atoms with Crippen molar-refractivity contribution in [3.05, 3.63) is 16.8 Å². The molecule has 2 aromatic heterocycles. The maximum Gasteiger partial charge on any atom is 0.142 e. The van der Waals surface area contributed by atoms with Gasteiger partial charge in [0.25, 0.3) is 0 Å². The Labute approximate surface area is 104 Å². The molecule has 0 amide bonds. The van der Waals surface area contributed by atoms with E-state index in [4.69, 9.17) is 0 Å². The molecule has 86 valence electrons. The highest BCUT2D eigenvalue weighted by atomic mass is 32.2. The maximum atomic E-state index is 4.58. The maximum absolute atomic E-state index is 4.58. The fraction of sp³-hybridized carbons (Fsp3) is 0.455. The number of hydrogen-bond acceptors (Lipinski definition) is 5. The number of thiophene rings is 1. The van der Waals surface area contributed by atoms with Crippen LogP contribution in [0.25, 0.3) is 10.2 Å². The molecule has 0 bridgehead atoms. The molecule has 0 aliphatic rings. The van der Waals surface area contributed by atoms with Crippen molar-refractivity contribution in [2.24, 2.45) is 0 Å². The Bertz CT molecular complexity index is 493. The van der Waals surface area contributed by atoms with Crippen LogP contribution in [0.2, 0.25) is 0 Å². The van der Waals surface area contributed by atoms with Crippen LogP contribution in [0.1, 0.15) is 17.6 Å². The molecule has 0 saturated heterocycles. The Balaban J connectivity index is 2.53. The van der Waals surface area contributed by atoms with Crippen LogP contribution in [-0.2, 0) is 5.75 Å². The van der Waals surface area contributed by atoms with E-state index < -0.39 is 0 Å². The summed E-state index contributed by atoms with van der Waals surface area (Å²) in [5.74, 6) is 2.75. The minimum atomic E-state index is 0.866. The van der Waals surface area contributed by atoms with E-state index in [0.717, 1.165) is 34.2 Å². The minimum Gasteiger partial charge on any atom is -0.370 e. The second-order valence-corrected chi connectivity index (χ2v) is 5.63. The highest BCUT2D eigenvalue weighted by Crippen LogP contribution is 2.28. The lowest BCUT2D eigenvalue weighted by Crippen LogP contribution is -2.03. The van der Waals surface area contributed by atoms with Crippen LogP contribution in [0.5, 0.6) is 0 Å². The molecule has 2 rings (SSSR count). The number of thioether (sulfide) groups is 1. The molecular weight excluding hydrogens is 238 g/mol. The van der Waals surface area contributed by atoms with Gasteiger partial charge in [-0.3, -0.25) is 0 Å². The second-order valence-electron chi connectivity index (χ2n) is 3.53. The summed E-state index contributed by atoms with van der Waals surface area (Å²) in [4.78, 5) is 11.5. The van der Waals surface area contributed by atoms with Crippen molar-refractivity contribution in [1.82, 2.24) is 9.97 Å². The van der Waals surface area contributed by atoms with Crippen molar-refractivity contribution in [3.63, 3.8) is 0 Å². The first-order valence-corrected chi connectivity index (χ1v) is 7.45. The topological polar surface area (TPSA) is 37.8 Å². The molecule has 0 atom stereocenters. The Hall–Kier alpha value is -0.810. The van der Waals surface area contributed by atoms with Gasteiger partial charge < -0.3 is 5.32 Å². The smallest absolute Gasteiger partial charge is 0.142 e. The lowest BCUT2D eigenvalue weighted by atomic mass is 10.3. The number of hydrogen-bond donors (Lipinski definition) is 1. The van der Waals surface area contributed by atoms with Crippen molar-refractivity contribution < 1.29 is 0 Å². The van der Waals surface area contributed by atoms with E-state index in [2.05, 4.69) is 41.5 Å². The summed E-state index contributed by atoms with van der Waals surface area (Å²) in [6, 6.07) is 2.15. The number of aromatic nitrogens is 2. The first kappa shape index (κ1) is 11.7. The van der Waals surface area contributed by atoms with Crippen molar-refractivity contribution in [1.29, 1.82) is 0 Å². The van der Waals surface area contributed by atoms with E-state index in [1.165, 1.54) is 4.88 Å². The predicted molar refractivity (Wildman–Crippen MR) is 73.5 cm³/mol. The minimum absolute atomic E-state index is 0.866. The number of nitrogens with one attached hydrogen (secondary N) is 1. The standard InChI is InChI=1S/C11H15N3S2/c1-4-12-10-8-5-7(2)16-11(8)14-9(13-10)6-15-3/h5H,4,6H2,1-3H3,(H,12,13,14). The number of anilines is 1. The average Bonchev–Trinajstić information content (AvgIpc) is 2.60. The number of nitrogens with zero attached hydrogens (tertiary/aromatic N) is 2. The predicted octanol–water partition coefficient (Wildman–Crippen LogP) is 3.29. The molecule has 3 nitrogen and oxygen atoms in total. The lowest BCUT2D eigenvalue weighted by molar-refractivity contribution is 1.06. The highest BCUT2D eigenvalue weighted by Gasteiger charge is 2.09. The van der Waals surface area contributed by atoms with E-state index in [1.807, 2.05) is 0 Å². The third-order valence-electron chi connectivity index (χ3n) is 2.18. The quantitative estimate of drug-likeness (QED) is 0.907. The molecule has 0 saturated carbocycles. The molecule has 0 aliphatic heterocycles. The Morgan fingerprint density at radius 1 is 1.44 bits per heavy atom. The van der Waals surface area contributed by atoms with Gasteiger partial charge in [0.2, 0.25) is 0 Å². The number of aryl methyl sites for hydroxylation is 1. The van der Waals surface area contributed by atoms with Crippen LogP contribution in [0.3, 0.4) is 0 Å². The van der Waals surface area contributed by atoms with Crippen LogP contribution in [-0.4, -0.2) is 22.8 Å². The van der Waals surface area contributed by atoms with Crippen LogP contribution >= 0.6 is 23.1 Å². The zero-order chi connectivity index (χ0) is 11.5. The molecular formula is C11H15N3S2. The van der Waals surface area contributed by atoms with E-state index >= 15 is 0 Å².